The molecule has 1 heterocycles. The monoisotopic (exact) mass is 284 g/mol. The summed E-state index contributed by atoms with van der Waals surface area (Å²) in [4.78, 5) is 2.44. The number of fused-ring (bicyclic) bond motifs is 1. The average molecular weight is 284 g/mol. The molecule has 0 bridgehead atoms. The van der Waals surface area contributed by atoms with Gasteiger partial charge in [0.25, 0.3) is 0 Å². The van der Waals surface area contributed by atoms with E-state index in [1.807, 2.05) is 13.1 Å². The molecule has 3 rings (SSSR count). The lowest BCUT2D eigenvalue weighted by molar-refractivity contribution is 0.161. The molecule has 0 amide bonds. The lowest BCUT2D eigenvalue weighted by Crippen LogP contribution is -2.45. The zero-order valence-corrected chi connectivity index (χ0v) is 12.3. The maximum atomic E-state index is 13.4. The first-order valence-corrected chi connectivity index (χ1v) is 7.46. The molecular formula is C18H21FN2. The fraction of sp³-hybridized carbons (Fsp3) is 0.333. The third kappa shape index (κ3) is 3.31. The third-order valence-electron chi connectivity index (χ3n) is 4.18. The Bertz CT molecular complexity index is 612. The number of nitrogens with one attached hydrogen (secondary N) is 1. The number of benzene rings is 2. The zero-order chi connectivity index (χ0) is 14.7. The maximum absolute atomic E-state index is 13.4. The van der Waals surface area contributed by atoms with Crippen molar-refractivity contribution in [2.24, 2.45) is 0 Å². The molecule has 1 unspecified atom stereocenters. The molecule has 1 N–H and O–H groups in total. The summed E-state index contributed by atoms with van der Waals surface area (Å²) in [5.41, 5.74) is 3.87. The van der Waals surface area contributed by atoms with E-state index in [4.69, 9.17) is 0 Å². The number of likely N-dealkylation sites (N-methyl/N-ethyl adjacent to an activating group) is 1. The average Bonchev–Trinajstić information content (AvgIpc) is 2.48. The predicted molar refractivity (Wildman–Crippen MR) is 83.5 cm³/mol. The van der Waals surface area contributed by atoms with Gasteiger partial charge in [-0.15, -0.1) is 0 Å². The highest BCUT2D eigenvalue weighted by molar-refractivity contribution is 5.30. The van der Waals surface area contributed by atoms with Crippen LogP contribution in [0.1, 0.15) is 16.7 Å². The van der Waals surface area contributed by atoms with Crippen molar-refractivity contribution in [3.8, 4) is 0 Å². The minimum atomic E-state index is -0.157. The second kappa shape index (κ2) is 6.37. The second-order valence-corrected chi connectivity index (χ2v) is 5.72. The van der Waals surface area contributed by atoms with E-state index >= 15 is 0 Å². The van der Waals surface area contributed by atoms with Crippen molar-refractivity contribution in [3.05, 3.63) is 71.0 Å². The molecule has 1 atom stereocenters. The van der Waals surface area contributed by atoms with Gasteiger partial charge >= 0.3 is 0 Å². The van der Waals surface area contributed by atoms with Crippen molar-refractivity contribution < 1.29 is 4.39 Å². The Kier molecular flexibility index (Phi) is 4.32. The van der Waals surface area contributed by atoms with Gasteiger partial charge in [-0.25, -0.2) is 4.39 Å². The highest BCUT2D eigenvalue weighted by Gasteiger charge is 2.25. The molecule has 1 aliphatic heterocycles. The highest BCUT2D eigenvalue weighted by atomic mass is 19.1. The summed E-state index contributed by atoms with van der Waals surface area (Å²) in [5.74, 6) is -0.157. The Morgan fingerprint density at radius 1 is 1.14 bits per heavy atom. The summed E-state index contributed by atoms with van der Waals surface area (Å²) in [6.07, 6.45) is 1.05. The van der Waals surface area contributed by atoms with E-state index in [0.29, 0.717) is 6.04 Å². The van der Waals surface area contributed by atoms with Crippen LogP contribution >= 0.6 is 0 Å². The van der Waals surface area contributed by atoms with Crippen molar-refractivity contribution in [3.63, 3.8) is 0 Å². The van der Waals surface area contributed by atoms with Gasteiger partial charge in [0, 0.05) is 25.7 Å². The molecule has 0 fully saturated rings. The molecule has 2 nitrogen and oxygen atoms in total. The van der Waals surface area contributed by atoms with Gasteiger partial charge in [-0.1, -0.05) is 36.4 Å². The Balaban J connectivity index is 1.82. The first kappa shape index (κ1) is 14.2. The topological polar surface area (TPSA) is 15.3 Å². The van der Waals surface area contributed by atoms with Crippen LogP contribution in [0.25, 0.3) is 0 Å². The van der Waals surface area contributed by atoms with Crippen molar-refractivity contribution in [1.29, 1.82) is 0 Å². The van der Waals surface area contributed by atoms with Crippen LogP contribution in [0.3, 0.4) is 0 Å². The lowest BCUT2D eigenvalue weighted by atomic mass is 9.93. The summed E-state index contributed by atoms with van der Waals surface area (Å²) in [6, 6.07) is 16.0. The van der Waals surface area contributed by atoms with Crippen LogP contribution in [0.15, 0.2) is 48.5 Å². The molecule has 2 aromatic carbocycles. The standard InChI is InChI=1S/C18H21FN2/c1-20-11-18-10-15-6-2-3-7-16(15)13-21(18)12-14-5-4-8-17(19)9-14/h2-9,18,20H,10-13H2,1H3. The molecule has 1 aliphatic rings. The van der Waals surface area contributed by atoms with Crippen LogP contribution in [0.4, 0.5) is 4.39 Å². The molecule has 0 saturated heterocycles. The molecule has 0 spiro atoms. The van der Waals surface area contributed by atoms with Crippen LogP contribution in [0.5, 0.6) is 0 Å². The smallest absolute Gasteiger partial charge is 0.123 e. The molecule has 0 radical (unpaired) electrons. The van der Waals surface area contributed by atoms with Gasteiger partial charge in [-0.05, 0) is 42.3 Å². The van der Waals surface area contributed by atoms with Crippen LogP contribution in [0.2, 0.25) is 0 Å². The van der Waals surface area contributed by atoms with Crippen LogP contribution < -0.4 is 5.32 Å². The SMILES string of the molecule is CNCC1Cc2ccccc2CN1Cc1cccc(F)c1. The van der Waals surface area contributed by atoms with E-state index in [0.717, 1.165) is 31.6 Å². The molecule has 0 aliphatic carbocycles. The van der Waals surface area contributed by atoms with Crippen molar-refractivity contribution >= 4 is 0 Å². The van der Waals surface area contributed by atoms with Crippen molar-refractivity contribution in [1.82, 2.24) is 10.2 Å². The molecule has 110 valence electrons. The summed E-state index contributed by atoms with van der Waals surface area (Å²) < 4.78 is 13.4. The Hall–Kier alpha value is -1.71. The summed E-state index contributed by atoms with van der Waals surface area (Å²) in [5, 5.41) is 3.28. The van der Waals surface area contributed by atoms with Gasteiger partial charge in [0.2, 0.25) is 0 Å². The van der Waals surface area contributed by atoms with E-state index < -0.39 is 0 Å². The Labute approximate surface area is 125 Å². The molecule has 0 aromatic heterocycles. The molecular weight excluding hydrogens is 263 g/mol. The van der Waals surface area contributed by atoms with Crippen LogP contribution in [0, 0.1) is 5.82 Å². The van der Waals surface area contributed by atoms with Gasteiger partial charge < -0.3 is 5.32 Å². The number of nitrogens with zero attached hydrogens (tertiary/aromatic N) is 1. The quantitative estimate of drug-likeness (QED) is 0.928. The normalized spacial score (nSPS) is 18.5. The van der Waals surface area contributed by atoms with Gasteiger partial charge in [0.1, 0.15) is 5.82 Å². The fourth-order valence-electron chi connectivity index (χ4n) is 3.13. The van der Waals surface area contributed by atoms with Gasteiger partial charge in [-0.2, -0.15) is 0 Å². The number of rotatable bonds is 4. The summed E-state index contributed by atoms with van der Waals surface area (Å²) >= 11 is 0. The largest absolute Gasteiger partial charge is 0.318 e. The van der Waals surface area contributed by atoms with E-state index in [9.17, 15) is 4.39 Å². The van der Waals surface area contributed by atoms with Crippen molar-refractivity contribution in [2.75, 3.05) is 13.6 Å². The van der Waals surface area contributed by atoms with E-state index in [1.54, 1.807) is 12.1 Å². The van der Waals surface area contributed by atoms with E-state index in [-0.39, 0.29) is 5.82 Å². The second-order valence-electron chi connectivity index (χ2n) is 5.72. The lowest BCUT2D eigenvalue weighted by Gasteiger charge is -2.37. The zero-order valence-electron chi connectivity index (χ0n) is 12.3. The third-order valence-corrected chi connectivity index (χ3v) is 4.18. The number of hydrogen-bond acceptors (Lipinski definition) is 2. The highest BCUT2D eigenvalue weighted by Crippen LogP contribution is 2.24. The van der Waals surface area contributed by atoms with E-state index in [1.165, 1.54) is 17.2 Å². The van der Waals surface area contributed by atoms with Gasteiger partial charge in [0.05, 0.1) is 0 Å². The first-order valence-electron chi connectivity index (χ1n) is 7.46. The van der Waals surface area contributed by atoms with Gasteiger partial charge in [-0.3, -0.25) is 4.90 Å². The fourth-order valence-corrected chi connectivity index (χ4v) is 3.13. The van der Waals surface area contributed by atoms with E-state index in [2.05, 4.69) is 34.5 Å². The molecule has 21 heavy (non-hydrogen) atoms. The molecule has 0 saturated carbocycles. The van der Waals surface area contributed by atoms with Crippen LogP contribution in [-0.2, 0) is 19.5 Å². The first-order chi connectivity index (χ1) is 10.3. The van der Waals surface area contributed by atoms with Crippen molar-refractivity contribution in [2.45, 2.75) is 25.6 Å². The minimum absolute atomic E-state index is 0.157. The van der Waals surface area contributed by atoms with Crippen LogP contribution in [-0.4, -0.2) is 24.5 Å². The molecule has 2 aromatic rings. The molecule has 3 heteroatoms. The summed E-state index contributed by atoms with van der Waals surface area (Å²) in [7, 11) is 1.99. The number of hydrogen-bond donors (Lipinski definition) is 1. The summed E-state index contributed by atoms with van der Waals surface area (Å²) in [6.45, 7) is 2.67. The minimum Gasteiger partial charge on any atom is -0.318 e. The number of halogens is 1. The Morgan fingerprint density at radius 2 is 1.95 bits per heavy atom. The van der Waals surface area contributed by atoms with Gasteiger partial charge in [0.15, 0.2) is 0 Å². The Morgan fingerprint density at radius 3 is 2.71 bits per heavy atom. The maximum Gasteiger partial charge on any atom is 0.123 e. The predicted octanol–water partition coefficient (Wildman–Crippen LogP) is 2.97.